The fourth-order valence-corrected chi connectivity index (χ4v) is 0.530. The lowest BCUT2D eigenvalue weighted by Crippen LogP contribution is -2.28. The fraction of sp³-hybridized carbons (Fsp3) is 0.857. The summed E-state index contributed by atoms with van der Waals surface area (Å²) < 4.78 is 0. The molecule has 0 atom stereocenters. The number of rotatable bonds is 4. The number of carboxylic acids is 1. The first-order valence-corrected chi connectivity index (χ1v) is 3.46. The monoisotopic (exact) mass is 145 g/mol. The number of aliphatic carboxylic acids is 1. The third-order valence-electron chi connectivity index (χ3n) is 1.56. The predicted molar refractivity (Wildman–Crippen MR) is 40.0 cm³/mol. The highest BCUT2D eigenvalue weighted by atomic mass is 16.4. The van der Waals surface area contributed by atoms with Crippen LogP contribution in [0.5, 0.6) is 0 Å². The van der Waals surface area contributed by atoms with Gasteiger partial charge in [0.1, 0.15) is 0 Å². The number of hydrogen-bond acceptors (Lipinski definition) is 2. The molecule has 3 nitrogen and oxygen atoms in total. The van der Waals surface area contributed by atoms with Gasteiger partial charge >= 0.3 is 5.97 Å². The van der Waals surface area contributed by atoms with Crippen molar-refractivity contribution in [3.05, 3.63) is 0 Å². The lowest BCUT2D eigenvalue weighted by molar-refractivity contribution is -0.137. The quantitative estimate of drug-likeness (QED) is 0.636. The van der Waals surface area contributed by atoms with E-state index in [9.17, 15) is 4.79 Å². The van der Waals surface area contributed by atoms with Crippen molar-refractivity contribution >= 4 is 5.97 Å². The van der Waals surface area contributed by atoms with Crippen molar-refractivity contribution in [2.24, 2.45) is 0 Å². The van der Waals surface area contributed by atoms with E-state index >= 15 is 0 Å². The highest BCUT2D eigenvalue weighted by Gasteiger charge is 2.04. The summed E-state index contributed by atoms with van der Waals surface area (Å²) in [5.41, 5.74) is 0. The second kappa shape index (κ2) is 4.28. The molecule has 0 saturated carbocycles. The van der Waals surface area contributed by atoms with Gasteiger partial charge in [0.25, 0.3) is 0 Å². The summed E-state index contributed by atoms with van der Waals surface area (Å²) in [6.07, 6.45) is 0.231. The molecule has 1 N–H and O–H groups in total. The van der Waals surface area contributed by atoms with Crippen LogP contribution in [0.25, 0.3) is 0 Å². The van der Waals surface area contributed by atoms with Crippen LogP contribution in [-0.4, -0.2) is 35.6 Å². The Kier molecular flexibility index (Phi) is 4.03. The van der Waals surface area contributed by atoms with Gasteiger partial charge in [-0.3, -0.25) is 4.79 Å². The van der Waals surface area contributed by atoms with E-state index in [0.717, 1.165) is 0 Å². The molecule has 0 aromatic heterocycles. The average molecular weight is 145 g/mol. The maximum atomic E-state index is 10.1. The molecule has 60 valence electrons. The summed E-state index contributed by atoms with van der Waals surface area (Å²) in [7, 11) is 1.92. The Morgan fingerprint density at radius 2 is 2.10 bits per heavy atom. The van der Waals surface area contributed by atoms with Gasteiger partial charge in [0.05, 0.1) is 6.42 Å². The van der Waals surface area contributed by atoms with Crippen LogP contribution in [0, 0.1) is 0 Å². The lowest BCUT2D eigenvalue weighted by Gasteiger charge is -2.19. The van der Waals surface area contributed by atoms with E-state index in [-0.39, 0.29) is 6.42 Å². The molecule has 0 aliphatic rings. The van der Waals surface area contributed by atoms with Gasteiger partial charge in [-0.2, -0.15) is 0 Å². The van der Waals surface area contributed by atoms with E-state index in [1.165, 1.54) is 0 Å². The first-order chi connectivity index (χ1) is 4.54. The van der Waals surface area contributed by atoms with Crippen molar-refractivity contribution in [1.82, 2.24) is 4.90 Å². The van der Waals surface area contributed by atoms with Crippen LogP contribution in [-0.2, 0) is 4.79 Å². The molecule has 0 amide bonds. The molecule has 0 saturated heterocycles. The van der Waals surface area contributed by atoms with Crippen LogP contribution in [0.4, 0.5) is 0 Å². The van der Waals surface area contributed by atoms with Gasteiger partial charge < -0.3 is 10.0 Å². The zero-order chi connectivity index (χ0) is 8.15. The molecule has 10 heavy (non-hydrogen) atoms. The molecule has 0 radical (unpaired) electrons. The second-order valence-electron chi connectivity index (χ2n) is 2.72. The van der Waals surface area contributed by atoms with E-state index in [0.29, 0.717) is 12.6 Å². The standard InChI is InChI=1S/C7H15NO2/c1-6(2)8(3)5-4-7(9)10/h6H,4-5H2,1-3H3,(H,9,10). The molecule has 0 aliphatic carbocycles. The predicted octanol–water partition coefficient (Wildman–Crippen LogP) is 0.801. The summed E-state index contributed by atoms with van der Waals surface area (Å²) in [5.74, 6) is -0.729. The first kappa shape index (κ1) is 9.43. The Labute approximate surface area is 61.6 Å². The van der Waals surface area contributed by atoms with E-state index < -0.39 is 5.97 Å². The van der Waals surface area contributed by atoms with Crippen molar-refractivity contribution in [1.29, 1.82) is 0 Å². The normalized spacial score (nSPS) is 10.9. The van der Waals surface area contributed by atoms with Crippen LogP contribution in [0.3, 0.4) is 0 Å². The van der Waals surface area contributed by atoms with Crippen LogP contribution in [0.1, 0.15) is 20.3 Å². The molecule has 0 unspecified atom stereocenters. The highest BCUT2D eigenvalue weighted by molar-refractivity contribution is 5.66. The molecule has 0 rings (SSSR count). The van der Waals surface area contributed by atoms with E-state index in [4.69, 9.17) is 5.11 Å². The molecule has 0 heterocycles. The van der Waals surface area contributed by atoms with Crippen molar-refractivity contribution in [2.75, 3.05) is 13.6 Å². The van der Waals surface area contributed by atoms with Gasteiger partial charge in [0.15, 0.2) is 0 Å². The molecule has 0 aliphatic heterocycles. The maximum absolute atomic E-state index is 10.1. The molecule has 3 heteroatoms. The number of carboxylic acid groups (broad SMARTS) is 1. The third kappa shape index (κ3) is 4.32. The zero-order valence-corrected chi connectivity index (χ0v) is 6.79. The minimum absolute atomic E-state index is 0.231. The van der Waals surface area contributed by atoms with Gasteiger partial charge in [0, 0.05) is 12.6 Å². The Morgan fingerprint density at radius 1 is 1.60 bits per heavy atom. The van der Waals surface area contributed by atoms with Crippen LogP contribution < -0.4 is 0 Å². The Hall–Kier alpha value is -0.570. The Balaban J connectivity index is 3.39. The lowest BCUT2D eigenvalue weighted by atomic mass is 10.3. The number of carbonyl (C=O) groups is 1. The number of nitrogens with zero attached hydrogens (tertiary/aromatic N) is 1. The van der Waals surface area contributed by atoms with Gasteiger partial charge in [-0.25, -0.2) is 0 Å². The van der Waals surface area contributed by atoms with Crippen molar-refractivity contribution in [2.45, 2.75) is 26.3 Å². The van der Waals surface area contributed by atoms with Crippen molar-refractivity contribution in [3.8, 4) is 0 Å². The summed E-state index contributed by atoms with van der Waals surface area (Å²) in [4.78, 5) is 12.1. The molecular formula is C7H15NO2. The first-order valence-electron chi connectivity index (χ1n) is 3.46. The van der Waals surface area contributed by atoms with Crippen LogP contribution in [0.2, 0.25) is 0 Å². The minimum Gasteiger partial charge on any atom is -0.481 e. The smallest absolute Gasteiger partial charge is 0.304 e. The maximum Gasteiger partial charge on any atom is 0.304 e. The molecule has 0 aromatic carbocycles. The van der Waals surface area contributed by atoms with Crippen LogP contribution in [0.15, 0.2) is 0 Å². The largest absolute Gasteiger partial charge is 0.481 e. The van der Waals surface area contributed by atoms with E-state index in [2.05, 4.69) is 0 Å². The molecule has 0 bridgehead atoms. The zero-order valence-electron chi connectivity index (χ0n) is 6.79. The Morgan fingerprint density at radius 3 is 2.40 bits per heavy atom. The van der Waals surface area contributed by atoms with Crippen LogP contribution >= 0.6 is 0 Å². The van der Waals surface area contributed by atoms with Gasteiger partial charge in [0.2, 0.25) is 0 Å². The SMILES string of the molecule is CC(C)N(C)CCC(=O)O. The average Bonchev–Trinajstić information content (AvgIpc) is 1.82. The third-order valence-corrected chi connectivity index (χ3v) is 1.56. The second-order valence-corrected chi connectivity index (χ2v) is 2.72. The van der Waals surface area contributed by atoms with Gasteiger partial charge in [-0.05, 0) is 20.9 Å². The number of hydrogen-bond donors (Lipinski definition) is 1. The van der Waals surface area contributed by atoms with E-state index in [1.54, 1.807) is 0 Å². The van der Waals surface area contributed by atoms with Gasteiger partial charge in [-0.15, -0.1) is 0 Å². The molecule has 0 fully saturated rings. The van der Waals surface area contributed by atoms with Gasteiger partial charge in [-0.1, -0.05) is 0 Å². The highest BCUT2D eigenvalue weighted by Crippen LogP contribution is 1.94. The summed E-state index contributed by atoms with van der Waals surface area (Å²) in [6, 6.07) is 0.430. The molecule has 0 spiro atoms. The summed E-state index contributed by atoms with van der Waals surface area (Å²) >= 11 is 0. The van der Waals surface area contributed by atoms with E-state index in [1.807, 2.05) is 25.8 Å². The Bertz CT molecular complexity index is 112. The van der Waals surface area contributed by atoms with Crippen molar-refractivity contribution in [3.63, 3.8) is 0 Å². The topological polar surface area (TPSA) is 40.5 Å². The summed E-state index contributed by atoms with van der Waals surface area (Å²) in [6.45, 7) is 4.72. The molecular weight excluding hydrogens is 130 g/mol. The van der Waals surface area contributed by atoms with Crippen molar-refractivity contribution < 1.29 is 9.90 Å². The summed E-state index contributed by atoms with van der Waals surface area (Å²) in [5, 5.41) is 8.32. The fourth-order valence-electron chi connectivity index (χ4n) is 0.530. The minimum atomic E-state index is -0.729. The molecule has 0 aromatic rings.